The van der Waals surface area contributed by atoms with Crippen molar-refractivity contribution in [1.29, 1.82) is 0 Å². The predicted molar refractivity (Wildman–Crippen MR) is 61.4 cm³/mol. The maximum atomic E-state index is 3.63. The molecule has 0 aliphatic rings. The van der Waals surface area contributed by atoms with Gasteiger partial charge in [0.05, 0.1) is 0 Å². The molecule has 0 saturated carbocycles. The van der Waals surface area contributed by atoms with Crippen LogP contribution in [0, 0.1) is 0 Å². The minimum absolute atomic E-state index is 0. The van der Waals surface area contributed by atoms with E-state index in [1.807, 2.05) is 39.0 Å². The van der Waals surface area contributed by atoms with E-state index in [0.29, 0.717) is 0 Å². The van der Waals surface area contributed by atoms with Gasteiger partial charge in [0.2, 0.25) is 0 Å². The third-order valence-electron chi connectivity index (χ3n) is 0.994. The van der Waals surface area contributed by atoms with E-state index in [0.717, 1.165) is 5.57 Å². The molecule has 0 saturated heterocycles. The molecule has 0 aliphatic heterocycles. The van der Waals surface area contributed by atoms with Gasteiger partial charge in [-0.2, -0.15) is 0 Å². The lowest BCUT2D eigenvalue weighted by molar-refractivity contribution is 1.50. The van der Waals surface area contributed by atoms with Crippen LogP contribution in [0.1, 0.15) is 28.2 Å². The molecule has 0 N–H and O–H groups in total. The highest BCUT2D eigenvalue weighted by Gasteiger charge is 1.75. The number of allylic oxidation sites excluding steroid dienone is 6. The Bertz CT molecular complexity index is 147. The fourth-order valence-corrected chi connectivity index (χ4v) is 0.461. The van der Waals surface area contributed by atoms with Crippen LogP contribution in [0.15, 0.2) is 49.1 Å². The molecule has 70 valence electrons. The first-order valence-electron chi connectivity index (χ1n) is 3.93. The molecule has 0 nitrogen and oxygen atoms in total. The summed E-state index contributed by atoms with van der Waals surface area (Å²) in [4.78, 5) is 0. The van der Waals surface area contributed by atoms with Crippen LogP contribution in [0.2, 0.25) is 0 Å². The van der Waals surface area contributed by atoms with Gasteiger partial charge in [0.1, 0.15) is 0 Å². The van der Waals surface area contributed by atoms with Gasteiger partial charge in [-0.3, -0.25) is 0 Å². The average Bonchev–Trinajstić information content (AvgIpc) is 2.10. The molecular formula is C12H22. The van der Waals surface area contributed by atoms with Gasteiger partial charge >= 0.3 is 0 Å². The molecule has 0 fully saturated rings. The second kappa shape index (κ2) is 16.5. The maximum Gasteiger partial charge on any atom is -0.0305 e. The quantitative estimate of drug-likeness (QED) is 0.541. The van der Waals surface area contributed by atoms with E-state index in [-0.39, 0.29) is 7.43 Å². The van der Waals surface area contributed by atoms with Gasteiger partial charge in [-0.25, -0.2) is 0 Å². The number of rotatable bonds is 3. The van der Waals surface area contributed by atoms with Crippen LogP contribution in [0.4, 0.5) is 0 Å². The first-order chi connectivity index (χ1) is 5.35. The smallest absolute Gasteiger partial charge is 0.0305 e. The van der Waals surface area contributed by atoms with Crippen LogP contribution < -0.4 is 0 Å². The number of hydrogen-bond donors (Lipinski definition) is 0. The second-order valence-electron chi connectivity index (χ2n) is 1.59. The van der Waals surface area contributed by atoms with Crippen molar-refractivity contribution < 1.29 is 0 Å². The van der Waals surface area contributed by atoms with Crippen LogP contribution in [-0.2, 0) is 0 Å². The minimum Gasteiger partial charge on any atom is -0.0991 e. The topological polar surface area (TPSA) is 0 Å². The lowest BCUT2D eigenvalue weighted by Gasteiger charge is -1.85. The normalized spacial score (nSPS) is 9.42. The Morgan fingerprint density at radius 2 is 1.67 bits per heavy atom. The van der Waals surface area contributed by atoms with Gasteiger partial charge in [-0.05, 0) is 12.5 Å². The Morgan fingerprint density at radius 3 is 1.92 bits per heavy atom. The van der Waals surface area contributed by atoms with Crippen molar-refractivity contribution in [2.75, 3.05) is 0 Å². The summed E-state index contributed by atoms with van der Waals surface area (Å²) < 4.78 is 0. The van der Waals surface area contributed by atoms with E-state index in [1.165, 1.54) is 0 Å². The molecule has 0 aromatic heterocycles. The standard InChI is InChI=1S/C9H12.C2H6.CH4/c1-4-7-8-9(5-2)6-3;1-2;/h4-8H,1-2H2,3H3;1-2H3;1H4/b8-7-,9-6-;;. The van der Waals surface area contributed by atoms with E-state index in [1.54, 1.807) is 12.2 Å². The highest BCUT2D eigenvalue weighted by atomic mass is 13.8. The predicted octanol–water partition coefficient (Wildman–Crippen LogP) is 4.52. The van der Waals surface area contributed by atoms with Gasteiger partial charge in [-0.1, -0.05) is 64.8 Å². The fraction of sp³-hybridized carbons (Fsp3) is 0.333. The molecule has 0 bridgehead atoms. The SMILES string of the molecule is C.C=C/C=C\C(C=C)=C/C.CC. The zero-order valence-corrected chi connectivity index (χ0v) is 7.80. The molecule has 0 rings (SSSR count). The van der Waals surface area contributed by atoms with Crippen molar-refractivity contribution >= 4 is 0 Å². The zero-order chi connectivity index (χ0) is 9.11. The Balaban J connectivity index is -0.000000249. The largest absolute Gasteiger partial charge is 0.0991 e. The van der Waals surface area contributed by atoms with Gasteiger partial charge in [0.25, 0.3) is 0 Å². The molecule has 0 radical (unpaired) electrons. The second-order valence-corrected chi connectivity index (χ2v) is 1.59. The van der Waals surface area contributed by atoms with Crippen molar-refractivity contribution in [3.8, 4) is 0 Å². The summed E-state index contributed by atoms with van der Waals surface area (Å²) in [6.45, 7) is 13.2. The van der Waals surface area contributed by atoms with Gasteiger partial charge in [0.15, 0.2) is 0 Å². The summed E-state index contributed by atoms with van der Waals surface area (Å²) in [6.07, 6.45) is 9.39. The summed E-state index contributed by atoms with van der Waals surface area (Å²) in [7, 11) is 0. The summed E-state index contributed by atoms with van der Waals surface area (Å²) in [6, 6.07) is 0. The Labute approximate surface area is 78.0 Å². The van der Waals surface area contributed by atoms with E-state index in [2.05, 4.69) is 13.2 Å². The third kappa shape index (κ3) is 11.7. The van der Waals surface area contributed by atoms with E-state index in [4.69, 9.17) is 0 Å². The van der Waals surface area contributed by atoms with Crippen molar-refractivity contribution in [3.63, 3.8) is 0 Å². The summed E-state index contributed by atoms with van der Waals surface area (Å²) in [5.41, 5.74) is 1.12. The fourth-order valence-electron chi connectivity index (χ4n) is 0.461. The van der Waals surface area contributed by atoms with E-state index >= 15 is 0 Å². The monoisotopic (exact) mass is 166 g/mol. The molecule has 0 atom stereocenters. The molecule has 0 aromatic rings. The Morgan fingerprint density at radius 1 is 1.17 bits per heavy atom. The Hall–Kier alpha value is -1.04. The van der Waals surface area contributed by atoms with E-state index < -0.39 is 0 Å². The van der Waals surface area contributed by atoms with Gasteiger partial charge in [-0.15, -0.1) is 0 Å². The molecule has 12 heavy (non-hydrogen) atoms. The zero-order valence-electron chi connectivity index (χ0n) is 7.80. The highest BCUT2D eigenvalue weighted by molar-refractivity contribution is 5.29. The maximum absolute atomic E-state index is 3.63. The van der Waals surface area contributed by atoms with Crippen LogP contribution in [0.5, 0.6) is 0 Å². The lowest BCUT2D eigenvalue weighted by atomic mass is 10.2. The van der Waals surface area contributed by atoms with Crippen LogP contribution in [-0.4, -0.2) is 0 Å². The number of hydrogen-bond acceptors (Lipinski definition) is 0. The minimum atomic E-state index is 0. The van der Waals surface area contributed by atoms with Crippen LogP contribution in [0.3, 0.4) is 0 Å². The summed E-state index contributed by atoms with van der Waals surface area (Å²) in [5.74, 6) is 0. The molecule has 0 aliphatic carbocycles. The third-order valence-corrected chi connectivity index (χ3v) is 0.994. The van der Waals surface area contributed by atoms with Gasteiger partial charge < -0.3 is 0 Å². The van der Waals surface area contributed by atoms with Crippen LogP contribution >= 0.6 is 0 Å². The van der Waals surface area contributed by atoms with Gasteiger partial charge in [0, 0.05) is 0 Å². The molecule has 0 amide bonds. The molecule has 0 heteroatoms. The summed E-state index contributed by atoms with van der Waals surface area (Å²) in [5, 5.41) is 0. The molecule has 0 heterocycles. The van der Waals surface area contributed by atoms with Crippen molar-refractivity contribution in [2.24, 2.45) is 0 Å². The van der Waals surface area contributed by atoms with E-state index in [9.17, 15) is 0 Å². The lowest BCUT2D eigenvalue weighted by Crippen LogP contribution is -1.64. The van der Waals surface area contributed by atoms with Crippen LogP contribution in [0.25, 0.3) is 0 Å². The Kier molecular flexibility index (Phi) is 23.6. The average molecular weight is 166 g/mol. The first kappa shape index (κ1) is 17.2. The van der Waals surface area contributed by atoms with Crippen molar-refractivity contribution in [3.05, 3.63) is 49.1 Å². The summed E-state index contributed by atoms with van der Waals surface area (Å²) >= 11 is 0. The molecular weight excluding hydrogens is 144 g/mol. The molecule has 0 aromatic carbocycles. The highest BCUT2D eigenvalue weighted by Crippen LogP contribution is 1.96. The van der Waals surface area contributed by atoms with Crippen molar-refractivity contribution in [1.82, 2.24) is 0 Å². The molecule has 0 unspecified atom stereocenters. The van der Waals surface area contributed by atoms with Crippen molar-refractivity contribution in [2.45, 2.75) is 28.2 Å². The molecule has 0 spiro atoms. The first-order valence-corrected chi connectivity index (χ1v) is 3.93.